The van der Waals surface area contributed by atoms with Gasteiger partial charge in [-0.1, -0.05) is 0 Å². The fourth-order valence-corrected chi connectivity index (χ4v) is 2.04. The molecule has 0 atom stereocenters. The van der Waals surface area contributed by atoms with Crippen molar-refractivity contribution in [1.82, 2.24) is 10.3 Å². The van der Waals surface area contributed by atoms with Gasteiger partial charge in [-0.3, -0.25) is 9.59 Å². The summed E-state index contributed by atoms with van der Waals surface area (Å²) in [5.41, 5.74) is 2.82. The molecule has 0 fully saturated rings. The van der Waals surface area contributed by atoms with E-state index in [1.807, 2.05) is 0 Å². The largest absolute Gasteiger partial charge is 0.493 e. The molecule has 1 N–H and O–H groups in total. The SMILES string of the molecule is CCN(CC)C(=O)C(=O)N/N=C\c1cc(OC)c(OC)c(OC)c1. The zero-order valence-electron chi connectivity index (χ0n) is 14.6. The molecule has 8 heteroatoms. The average Bonchev–Trinajstić information content (AvgIpc) is 2.61. The molecule has 132 valence electrons. The summed E-state index contributed by atoms with van der Waals surface area (Å²) in [7, 11) is 4.51. The zero-order valence-corrected chi connectivity index (χ0v) is 14.6. The summed E-state index contributed by atoms with van der Waals surface area (Å²) in [6.45, 7) is 4.51. The second kappa shape index (κ2) is 9.39. The molecule has 0 radical (unpaired) electrons. The van der Waals surface area contributed by atoms with Crippen LogP contribution in [0.3, 0.4) is 0 Å². The summed E-state index contributed by atoms with van der Waals surface area (Å²) in [5.74, 6) is -0.0324. The fraction of sp³-hybridized carbons (Fsp3) is 0.438. The Balaban J connectivity index is 2.87. The van der Waals surface area contributed by atoms with Crippen molar-refractivity contribution in [3.63, 3.8) is 0 Å². The number of hydrazone groups is 1. The lowest BCUT2D eigenvalue weighted by atomic mass is 10.2. The van der Waals surface area contributed by atoms with E-state index in [1.165, 1.54) is 32.4 Å². The third kappa shape index (κ3) is 4.61. The van der Waals surface area contributed by atoms with Crippen molar-refractivity contribution >= 4 is 18.0 Å². The number of likely N-dealkylation sites (N-methyl/N-ethyl adjacent to an activating group) is 1. The maximum Gasteiger partial charge on any atom is 0.329 e. The Hall–Kier alpha value is -2.77. The Morgan fingerprint density at radius 1 is 1.08 bits per heavy atom. The minimum atomic E-state index is -0.789. The van der Waals surface area contributed by atoms with Crippen molar-refractivity contribution in [3.05, 3.63) is 17.7 Å². The van der Waals surface area contributed by atoms with Gasteiger partial charge in [0.05, 0.1) is 27.5 Å². The van der Waals surface area contributed by atoms with Crippen LogP contribution >= 0.6 is 0 Å². The van der Waals surface area contributed by atoms with E-state index in [1.54, 1.807) is 26.0 Å². The van der Waals surface area contributed by atoms with E-state index >= 15 is 0 Å². The number of nitrogens with one attached hydrogen (secondary N) is 1. The maximum absolute atomic E-state index is 11.8. The van der Waals surface area contributed by atoms with Gasteiger partial charge in [-0.15, -0.1) is 0 Å². The average molecular weight is 337 g/mol. The van der Waals surface area contributed by atoms with Crippen LogP contribution in [-0.2, 0) is 9.59 Å². The first-order valence-electron chi connectivity index (χ1n) is 7.44. The molecule has 1 aromatic carbocycles. The molecule has 0 saturated carbocycles. The van der Waals surface area contributed by atoms with E-state index in [0.29, 0.717) is 35.9 Å². The first-order chi connectivity index (χ1) is 11.5. The minimum absolute atomic E-state index is 0.456. The summed E-state index contributed by atoms with van der Waals surface area (Å²) in [4.78, 5) is 25.0. The van der Waals surface area contributed by atoms with Crippen LogP contribution < -0.4 is 19.6 Å². The van der Waals surface area contributed by atoms with Gasteiger partial charge in [0.15, 0.2) is 11.5 Å². The molecule has 1 rings (SSSR count). The van der Waals surface area contributed by atoms with E-state index in [4.69, 9.17) is 14.2 Å². The molecule has 0 aliphatic carbocycles. The summed E-state index contributed by atoms with van der Waals surface area (Å²) in [6, 6.07) is 3.34. The van der Waals surface area contributed by atoms with Crippen molar-refractivity contribution in [3.8, 4) is 17.2 Å². The van der Waals surface area contributed by atoms with Gasteiger partial charge in [-0.2, -0.15) is 5.10 Å². The number of carbonyl (C=O) groups is 2. The lowest BCUT2D eigenvalue weighted by Crippen LogP contribution is -2.41. The molecular weight excluding hydrogens is 314 g/mol. The van der Waals surface area contributed by atoms with E-state index < -0.39 is 11.8 Å². The van der Waals surface area contributed by atoms with Crippen molar-refractivity contribution in [1.29, 1.82) is 0 Å². The van der Waals surface area contributed by atoms with Crippen molar-refractivity contribution in [2.24, 2.45) is 5.10 Å². The third-order valence-electron chi connectivity index (χ3n) is 3.31. The van der Waals surface area contributed by atoms with E-state index in [2.05, 4.69) is 10.5 Å². The van der Waals surface area contributed by atoms with Gasteiger partial charge in [0.25, 0.3) is 0 Å². The fourth-order valence-electron chi connectivity index (χ4n) is 2.04. The smallest absolute Gasteiger partial charge is 0.329 e. The van der Waals surface area contributed by atoms with Crippen LogP contribution in [0.5, 0.6) is 17.2 Å². The highest BCUT2D eigenvalue weighted by molar-refractivity contribution is 6.34. The minimum Gasteiger partial charge on any atom is -0.493 e. The Kier molecular flexibility index (Phi) is 7.54. The standard InChI is InChI=1S/C16H23N3O5/c1-6-19(7-2)16(21)15(20)18-17-10-11-8-12(22-3)14(24-5)13(9-11)23-4/h8-10H,6-7H2,1-5H3,(H,18,20)/b17-10-. The van der Waals surface area contributed by atoms with Gasteiger partial charge in [0.2, 0.25) is 5.75 Å². The van der Waals surface area contributed by atoms with Gasteiger partial charge < -0.3 is 19.1 Å². The number of amides is 2. The second-order valence-corrected chi connectivity index (χ2v) is 4.64. The maximum atomic E-state index is 11.8. The van der Waals surface area contributed by atoms with Gasteiger partial charge in [0, 0.05) is 18.7 Å². The number of hydrogen-bond donors (Lipinski definition) is 1. The molecule has 8 nitrogen and oxygen atoms in total. The van der Waals surface area contributed by atoms with Gasteiger partial charge >= 0.3 is 11.8 Å². The van der Waals surface area contributed by atoms with Crippen LogP contribution in [-0.4, -0.2) is 57.3 Å². The first kappa shape index (κ1) is 19.3. The number of hydrogen-bond acceptors (Lipinski definition) is 6. The topological polar surface area (TPSA) is 89.5 Å². The van der Waals surface area contributed by atoms with Gasteiger partial charge in [-0.05, 0) is 26.0 Å². The normalized spacial score (nSPS) is 10.4. The molecule has 2 amide bonds. The first-order valence-corrected chi connectivity index (χ1v) is 7.44. The quantitative estimate of drug-likeness (QED) is 0.456. The molecule has 24 heavy (non-hydrogen) atoms. The number of ether oxygens (including phenoxy) is 3. The highest BCUT2D eigenvalue weighted by Gasteiger charge is 2.18. The Morgan fingerprint density at radius 2 is 1.62 bits per heavy atom. The van der Waals surface area contributed by atoms with Crippen molar-refractivity contribution in [2.75, 3.05) is 34.4 Å². The molecular formula is C16H23N3O5. The molecule has 0 unspecified atom stereocenters. The Morgan fingerprint density at radius 3 is 2.04 bits per heavy atom. The van der Waals surface area contributed by atoms with E-state index in [0.717, 1.165) is 0 Å². The number of rotatable bonds is 7. The predicted molar refractivity (Wildman–Crippen MR) is 89.8 cm³/mol. The van der Waals surface area contributed by atoms with Crippen LogP contribution in [0, 0.1) is 0 Å². The van der Waals surface area contributed by atoms with Crippen LogP contribution in [0.4, 0.5) is 0 Å². The van der Waals surface area contributed by atoms with Gasteiger partial charge in [0.1, 0.15) is 0 Å². The monoisotopic (exact) mass is 337 g/mol. The van der Waals surface area contributed by atoms with Crippen LogP contribution in [0.15, 0.2) is 17.2 Å². The summed E-state index contributed by atoms with van der Waals surface area (Å²) in [5, 5.41) is 3.80. The number of carbonyl (C=O) groups excluding carboxylic acids is 2. The second-order valence-electron chi connectivity index (χ2n) is 4.64. The Bertz CT molecular complexity index is 587. The number of methoxy groups -OCH3 is 3. The molecule has 0 aliphatic rings. The van der Waals surface area contributed by atoms with Crippen LogP contribution in [0.2, 0.25) is 0 Å². The number of benzene rings is 1. The molecule has 1 aromatic rings. The lowest BCUT2D eigenvalue weighted by molar-refractivity contribution is -0.145. The summed E-state index contributed by atoms with van der Waals surface area (Å²) in [6.07, 6.45) is 1.39. The lowest BCUT2D eigenvalue weighted by Gasteiger charge is -2.16. The molecule has 0 bridgehead atoms. The molecule has 0 heterocycles. The highest BCUT2D eigenvalue weighted by atomic mass is 16.5. The molecule has 0 aromatic heterocycles. The van der Waals surface area contributed by atoms with Crippen molar-refractivity contribution < 1.29 is 23.8 Å². The van der Waals surface area contributed by atoms with E-state index in [9.17, 15) is 9.59 Å². The third-order valence-corrected chi connectivity index (χ3v) is 3.31. The molecule has 0 saturated heterocycles. The summed E-state index contributed by atoms with van der Waals surface area (Å²) >= 11 is 0. The summed E-state index contributed by atoms with van der Waals surface area (Å²) < 4.78 is 15.7. The van der Waals surface area contributed by atoms with E-state index in [-0.39, 0.29) is 0 Å². The predicted octanol–water partition coefficient (Wildman–Crippen LogP) is 1.03. The Labute approximate surface area is 141 Å². The molecule has 0 aliphatic heterocycles. The van der Waals surface area contributed by atoms with Crippen LogP contribution in [0.1, 0.15) is 19.4 Å². The molecule has 0 spiro atoms. The zero-order chi connectivity index (χ0) is 18.1. The number of nitrogens with zero attached hydrogens (tertiary/aromatic N) is 2. The highest BCUT2D eigenvalue weighted by Crippen LogP contribution is 2.37. The van der Waals surface area contributed by atoms with Crippen molar-refractivity contribution in [2.45, 2.75) is 13.8 Å². The van der Waals surface area contributed by atoms with Gasteiger partial charge in [-0.25, -0.2) is 5.43 Å². The van der Waals surface area contributed by atoms with Crippen LogP contribution in [0.25, 0.3) is 0 Å².